The molecule has 0 aliphatic rings. The maximum atomic E-state index is 12.2. The van der Waals surface area contributed by atoms with Crippen molar-refractivity contribution in [2.75, 3.05) is 0 Å². The molecule has 0 saturated carbocycles. The molecule has 0 aromatic carbocycles. The van der Waals surface area contributed by atoms with Crippen LogP contribution in [0.1, 0.15) is 6.92 Å². The zero-order chi connectivity index (χ0) is 10.8. The van der Waals surface area contributed by atoms with Gasteiger partial charge in [-0.25, -0.2) is 22.0 Å². The third kappa shape index (κ3) is 2.60. The summed E-state index contributed by atoms with van der Waals surface area (Å²) in [4.78, 5) is 0. The van der Waals surface area contributed by atoms with E-state index in [1.807, 2.05) is 0 Å². The summed E-state index contributed by atoms with van der Waals surface area (Å²) in [6.07, 6.45) is -7.08. The van der Waals surface area contributed by atoms with Crippen molar-refractivity contribution in [1.82, 2.24) is 0 Å². The first-order valence-electron chi connectivity index (χ1n) is 3.07. The van der Waals surface area contributed by atoms with Crippen LogP contribution < -0.4 is 0 Å². The molecule has 7 heteroatoms. The first-order valence-corrected chi connectivity index (χ1v) is 3.07. The number of rotatable bonds is 3. The van der Waals surface area contributed by atoms with E-state index in [0.29, 0.717) is 0 Å². The molecular formula is C6H5F7. The van der Waals surface area contributed by atoms with E-state index >= 15 is 0 Å². The van der Waals surface area contributed by atoms with Crippen molar-refractivity contribution in [3.05, 3.63) is 11.7 Å². The standard InChI is InChI=1S/C6H5F7/c1-2(7)6(12,13)4(9)3(8)5(10)11/h2,5H,1H3/b4-3+. The second-order valence-corrected chi connectivity index (χ2v) is 2.20. The summed E-state index contributed by atoms with van der Waals surface area (Å²) in [5.74, 6) is -10.8. The van der Waals surface area contributed by atoms with Crippen LogP contribution in [0.3, 0.4) is 0 Å². The summed E-state index contributed by atoms with van der Waals surface area (Å²) in [5.41, 5.74) is 0. The molecular weight excluding hydrogens is 205 g/mol. The molecule has 78 valence electrons. The van der Waals surface area contributed by atoms with Gasteiger partial charge in [0, 0.05) is 0 Å². The minimum absolute atomic E-state index is 0.234. The largest absolute Gasteiger partial charge is 0.331 e. The van der Waals surface area contributed by atoms with E-state index in [4.69, 9.17) is 0 Å². The van der Waals surface area contributed by atoms with Gasteiger partial charge in [0.1, 0.15) is 0 Å². The van der Waals surface area contributed by atoms with Crippen LogP contribution in [-0.2, 0) is 0 Å². The molecule has 0 fully saturated rings. The Kier molecular flexibility index (Phi) is 3.74. The normalized spacial score (nSPS) is 17.3. The maximum absolute atomic E-state index is 12.2. The van der Waals surface area contributed by atoms with Gasteiger partial charge in [-0.2, -0.15) is 8.78 Å². The summed E-state index contributed by atoms with van der Waals surface area (Å²) in [7, 11) is 0. The molecule has 0 spiro atoms. The van der Waals surface area contributed by atoms with Gasteiger partial charge in [-0.3, -0.25) is 0 Å². The van der Waals surface area contributed by atoms with Crippen molar-refractivity contribution in [2.24, 2.45) is 0 Å². The van der Waals surface area contributed by atoms with Crippen LogP contribution in [0.25, 0.3) is 0 Å². The molecule has 0 N–H and O–H groups in total. The fourth-order valence-electron chi connectivity index (χ4n) is 0.430. The van der Waals surface area contributed by atoms with Gasteiger partial charge in [-0.05, 0) is 6.92 Å². The van der Waals surface area contributed by atoms with E-state index in [1.165, 1.54) is 0 Å². The zero-order valence-electron chi connectivity index (χ0n) is 6.30. The minimum atomic E-state index is -4.85. The minimum Gasteiger partial charge on any atom is -0.241 e. The van der Waals surface area contributed by atoms with Crippen LogP contribution in [0.5, 0.6) is 0 Å². The molecule has 13 heavy (non-hydrogen) atoms. The second-order valence-electron chi connectivity index (χ2n) is 2.20. The van der Waals surface area contributed by atoms with Crippen LogP contribution in [0.15, 0.2) is 11.7 Å². The molecule has 0 amide bonds. The van der Waals surface area contributed by atoms with Crippen molar-refractivity contribution >= 4 is 0 Å². The molecule has 0 saturated heterocycles. The molecule has 0 aliphatic heterocycles. The van der Waals surface area contributed by atoms with Gasteiger partial charge < -0.3 is 0 Å². The highest BCUT2D eigenvalue weighted by Gasteiger charge is 2.46. The highest BCUT2D eigenvalue weighted by molar-refractivity contribution is 5.13. The van der Waals surface area contributed by atoms with Crippen molar-refractivity contribution in [3.8, 4) is 0 Å². The van der Waals surface area contributed by atoms with Crippen LogP contribution in [0.2, 0.25) is 0 Å². The number of hydrogen-bond donors (Lipinski definition) is 0. The van der Waals surface area contributed by atoms with Crippen molar-refractivity contribution in [3.63, 3.8) is 0 Å². The molecule has 0 heterocycles. The van der Waals surface area contributed by atoms with Gasteiger partial charge in [0.2, 0.25) is 11.7 Å². The summed E-state index contributed by atoms with van der Waals surface area (Å²) in [5, 5.41) is 0. The first-order chi connectivity index (χ1) is 5.71. The SMILES string of the molecule is CC(F)C(F)(F)/C(F)=C(\F)C(F)F. The van der Waals surface area contributed by atoms with Gasteiger partial charge in [0.15, 0.2) is 6.17 Å². The monoisotopic (exact) mass is 210 g/mol. The van der Waals surface area contributed by atoms with Crippen molar-refractivity contribution < 1.29 is 30.7 Å². The topological polar surface area (TPSA) is 0 Å². The first kappa shape index (κ1) is 12.2. The lowest BCUT2D eigenvalue weighted by molar-refractivity contribution is -0.0532. The van der Waals surface area contributed by atoms with Crippen LogP contribution in [0.4, 0.5) is 30.7 Å². The van der Waals surface area contributed by atoms with E-state index in [-0.39, 0.29) is 6.92 Å². The predicted octanol–water partition coefficient (Wildman–Crippen LogP) is 3.40. The molecule has 0 aromatic rings. The molecule has 0 aliphatic carbocycles. The fraction of sp³-hybridized carbons (Fsp3) is 0.667. The van der Waals surface area contributed by atoms with Gasteiger partial charge in [-0.1, -0.05) is 0 Å². The lowest BCUT2D eigenvalue weighted by Crippen LogP contribution is -2.29. The predicted molar refractivity (Wildman–Crippen MR) is 30.8 cm³/mol. The lowest BCUT2D eigenvalue weighted by atomic mass is 10.2. The number of alkyl halides is 5. The van der Waals surface area contributed by atoms with Gasteiger partial charge in [0.05, 0.1) is 0 Å². The van der Waals surface area contributed by atoms with E-state index in [2.05, 4.69) is 0 Å². The Labute approximate surface area is 69.0 Å². The Balaban J connectivity index is 4.96. The number of halogens is 7. The summed E-state index contributed by atoms with van der Waals surface area (Å²) in [6.45, 7) is 0.234. The highest BCUT2D eigenvalue weighted by atomic mass is 19.3. The summed E-state index contributed by atoms with van der Waals surface area (Å²) < 4.78 is 82.9. The van der Waals surface area contributed by atoms with E-state index in [0.717, 1.165) is 0 Å². The maximum Gasteiger partial charge on any atom is 0.331 e. The number of allylic oxidation sites excluding steroid dienone is 2. The van der Waals surface area contributed by atoms with Crippen molar-refractivity contribution in [2.45, 2.75) is 25.4 Å². The van der Waals surface area contributed by atoms with Crippen LogP contribution in [0, 0.1) is 0 Å². The quantitative estimate of drug-likeness (QED) is 0.626. The molecule has 0 nitrogen and oxygen atoms in total. The van der Waals surface area contributed by atoms with Crippen molar-refractivity contribution in [1.29, 1.82) is 0 Å². The van der Waals surface area contributed by atoms with E-state index < -0.39 is 30.2 Å². The third-order valence-corrected chi connectivity index (χ3v) is 1.19. The van der Waals surface area contributed by atoms with Gasteiger partial charge >= 0.3 is 5.92 Å². The summed E-state index contributed by atoms with van der Waals surface area (Å²) >= 11 is 0. The van der Waals surface area contributed by atoms with Gasteiger partial charge in [0.25, 0.3) is 6.43 Å². The molecule has 0 rings (SSSR count). The smallest absolute Gasteiger partial charge is 0.241 e. The lowest BCUT2D eigenvalue weighted by Gasteiger charge is -2.15. The van der Waals surface area contributed by atoms with Gasteiger partial charge in [-0.15, -0.1) is 0 Å². The molecule has 1 unspecified atom stereocenters. The Morgan fingerprint density at radius 1 is 1.08 bits per heavy atom. The average Bonchev–Trinajstić information content (AvgIpc) is 2.01. The second kappa shape index (κ2) is 3.97. The Bertz CT molecular complexity index is 205. The van der Waals surface area contributed by atoms with Crippen LogP contribution in [-0.4, -0.2) is 18.5 Å². The Morgan fingerprint density at radius 3 is 1.69 bits per heavy atom. The molecule has 1 atom stereocenters. The fourth-order valence-corrected chi connectivity index (χ4v) is 0.430. The Hall–Kier alpha value is -0.750. The molecule has 0 aromatic heterocycles. The average molecular weight is 210 g/mol. The van der Waals surface area contributed by atoms with Crippen LogP contribution >= 0.6 is 0 Å². The summed E-state index contributed by atoms with van der Waals surface area (Å²) in [6, 6.07) is 0. The molecule has 0 radical (unpaired) electrons. The van der Waals surface area contributed by atoms with E-state index in [1.54, 1.807) is 0 Å². The third-order valence-electron chi connectivity index (χ3n) is 1.19. The highest BCUT2D eigenvalue weighted by Crippen LogP contribution is 2.35. The van der Waals surface area contributed by atoms with E-state index in [9.17, 15) is 30.7 Å². The number of hydrogen-bond acceptors (Lipinski definition) is 0. The zero-order valence-corrected chi connectivity index (χ0v) is 6.30. The Morgan fingerprint density at radius 2 is 1.46 bits per heavy atom. The molecule has 0 bridgehead atoms.